The fraction of sp³-hybridized carbons (Fsp3) is 0.190. The largest absolute Gasteiger partial charge is 0.493 e. The fourth-order valence-electron chi connectivity index (χ4n) is 2.74. The summed E-state index contributed by atoms with van der Waals surface area (Å²) in [6.07, 6.45) is 0.555. The number of hydrogen-bond donors (Lipinski definition) is 1. The minimum atomic E-state index is -1.10. The number of hydrogen-bond acceptors (Lipinski definition) is 5. The summed E-state index contributed by atoms with van der Waals surface area (Å²) in [6.45, 7) is 3.17. The Morgan fingerprint density at radius 3 is 2.54 bits per heavy atom. The summed E-state index contributed by atoms with van der Waals surface area (Å²) in [4.78, 5) is 24.1. The van der Waals surface area contributed by atoms with Crippen molar-refractivity contribution in [3.63, 3.8) is 0 Å². The average molecular weight is 380 g/mol. The van der Waals surface area contributed by atoms with E-state index in [4.69, 9.17) is 14.6 Å². The Labute approximate surface area is 162 Å². The van der Waals surface area contributed by atoms with Gasteiger partial charge in [-0.2, -0.15) is 10.1 Å². The zero-order valence-corrected chi connectivity index (χ0v) is 15.7. The third kappa shape index (κ3) is 3.73. The van der Waals surface area contributed by atoms with Crippen molar-refractivity contribution < 1.29 is 24.2 Å². The van der Waals surface area contributed by atoms with Gasteiger partial charge in [-0.05, 0) is 38.1 Å². The normalized spacial score (nSPS) is 16.1. The van der Waals surface area contributed by atoms with Crippen LogP contribution in [0.5, 0.6) is 11.5 Å². The second-order valence-electron chi connectivity index (χ2n) is 6.17. The second-order valence-corrected chi connectivity index (χ2v) is 6.17. The third-order valence-corrected chi connectivity index (χ3v) is 4.23. The number of anilines is 1. The van der Waals surface area contributed by atoms with Gasteiger partial charge in [-0.15, -0.1) is 0 Å². The van der Waals surface area contributed by atoms with E-state index in [9.17, 15) is 9.59 Å². The molecular formula is C21H20N2O5. The van der Waals surface area contributed by atoms with Crippen molar-refractivity contribution in [3.05, 3.63) is 59.7 Å². The number of para-hydroxylation sites is 2. The number of carboxylic acids is 1. The lowest BCUT2D eigenvalue weighted by Gasteiger charge is -2.16. The van der Waals surface area contributed by atoms with Crippen LogP contribution in [0.3, 0.4) is 0 Å². The maximum Gasteiger partial charge on any atom is 0.344 e. The number of carbonyl (C=O) groups is 2. The van der Waals surface area contributed by atoms with Crippen LogP contribution < -0.4 is 14.5 Å². The van der Waals surface area contributed by atoms with Gasteiger partial charge in [0.05, 0.1) is 24.1 Å². The number of aliphatic carboxylic acids is 1. The molecule has 0 unspecified atom stereocenters. The van der Waals surface area contributed by atoms with Crippen LogP contribution in [-0.2, 0) is 9.59 Å². The molecule has 28 heavy (non-hydrogen) atoms. The van der Waals surface area contributed by atoms with Gasteiger partial charge in [0.15, 0.2) is 17.6 Å². The Hall–Kier alpha value is -3.61. The molecule has 1 aliphatic heterocycles. The molecule has 3 rings (SSSR count). The molecule has 1 atom stereocenters. The minimum Gasteiger partial charge on any atom is -0.493 e. The molecule has 1 N–H and O–H groups in total. The number of ether oxygens (including phenoxy) is 2. The van der Waals surface area contributed by atoms with Crippen LogP contribution >= 0.6 is 0 Å². The monoisotopic (exact) mass is 380 g/mol. The number of nitrogens with zero attached hydrogens (tertiary/aromatic N) is 2. The van der Waals surface area contributed by atoms with Gasteiger partial charge in [0.25, 0.3) is 5.91 Å². The third-order valence-electron chi connectivity index (χ3n) is 4.23. The Balaban J connectivity index is 2.01. The van der Waals surface area contributed by atoms with Crippen molar-refractivity contribution in [2.45, 2.75) is 20.0 Å². The predicted molar refractivity (Wildman–Crippen MR) is 106 cm³/mol. The number of benzene rings is 2. The number of carboxylic acid groups (broad SMARTS) is 1. The molecule has 2 aromatic rings. The van der Waals surface area contributed by atoms with Gasteiger partial charge in [-0.25, -0.2) is 4.79 Å². The van der Waals surface area contributed by atoms with E-state index in [0.717, 1.165) is 0 Å². The molecule has 0 spiro atoms. The first kappa shape index (κ1) is 19.2. The molecule has 144 valence electrons. The molecule has 0 radical (unpaired) electrons. The zero-order chi connectivity index (χ0) is 20.3. The van der Waals surface area contributed by atoms with Crippen LogP contribution in [0.25, 0.3) is 6.08 Å². The van der Waals surface area contributed by atoms with Crippen molar-refractivity contribution >= 4 is 29.4 Å². The molecule has 0 saturated carbocycles. The maximum atomic E-state index is 12.9. The van der Waals surface area contributed by atoms with Crippen molar-refractivity contribution in [1.29, 1.82) is 0 Å². The van der Waals surface area contributed by atoms with Crippen LogP contribution in [0.15, 0.2) is 59.2 Å². The highest BCUT2D eigenvalue weighted by Gasteiger charge is 2.29. The Morgan fingerprint density at radius 1 is 1.18 bits per heavy atom. The summed E-state index contributed by atoms with van der Waals surface area (Å²) in [6, 6.07) is 14.3. The van der Waals surface area contributed by atoms with Crippen molar-refractivity contribution in [1.82, 2.24) is 0 Å². The molecule has 7 heteroatoms. The van der Waals surface area contributed by atoms with E-state index in [-0.39, 0.29) is 11.7 Å². The van der Waals surface area contributed by atoms with E-state index >= 15 is 0 Å². The molecule has 0 saturated heterocycles. The standard InChI is InChI=1S/C21H20N2O5/c1-13-17(20(24)23(22-13)16-9-5-4-6-10-16)12-15-8-7-11-18(27-3)19(15)28-14(2)21(25)26/h4-12,14H,1-3H3,(H,25,26)/b17-12+/t14-/m0/s1. The topological polar surface area (TPSA) is 88.4 Å². The smallest absolute Gasteiger partial charge is 0.344 e. The molecule has 0 aromatic heterocycles. The lowest BCUT2D eigenvalue weighted by molar-refractivity contribution is -0.144. The first-order valence-corrected chi connectivity index (χ1v) is 8.65. The Morgan fingerprint density at radius 2 is 1.89 bits per heavy atom. The Kier molecular flexibility index (Phi) is 5.44. The summed E-state index contributed by atoms with van der Waals surface area (Å²) in [5.74, 6) is -0.744. The maximum absolute atomic E-state index is 12.9. The highest BCUT2D eigenvalue weighted by molar-refractivity contribution is 6.32. The molecule has 1 amide bonds. The summed E-state index contributed by atoms with van der Waals surface area (Å²) in [5, 5.41) is 14.8. The molecule has 1 heterocycles. The first-order chi connectivity index (χ1) is 13.4. The van der Waals surface area contributed by atoms with Crippen LogP contribution in [-0.4, -0.2) is 35.9 Å². The number of carbonyl (C=O) groups excluding carboxylic acids is 1. The number of rotatable bonds is 6. The van der Waals surface area contributed by atoms with Gasteiger partial charge in [-0.3, -0.25) is 4.79 Å². The first-order valence-electron chi connectivity index (χ1n) is 8.65. The minimum absolute atomic E-state index is 0.256. The summed E-state index contributed by atoms with van der Waals surface area (Å²) >= 11 is 0. The van der Waals surface area contributed by atoms with Gasteiger partial charge in [0, 0.05) is 5.56 Å². The predicted octanol–water partition coefficient (Wildman–Crippen LogP) is 3.35. The highest BCUT2D eigenvalue weighted by atomic mass is 16.5. The Bertz CT molecular complexity index is 966. The van der Waals surface area contributed by atoms with Gasteiger partial charge in [-0.1, -0.05) is 30.3 Å². The second kappa shape index (κ2) is 7.96. The van der Waals surface area contributed by atoms with E-state index < -0.39 is 12.1 Å². The van der Waals surface area contributed by atoms with Crippen LogP contribution in [0.1, 0.15) is 19.4 Å². The van der Waals surface area contributed by atoms with Crippen LogP contribution in [0.2, 0.25) is 0 Å². The van der Waals surface area contributed by atoms with E-state index in [1.807, 2.05) is 18.2 Å². The SMILES string of the molecule is COc1cccc(/C=C2/C(=O)N(c3ccccc3)N=C2C)c1O[C@@H](C)C(=O)O. The highest BCUT2D eigenvalue weighted by Crippen LogP contribution is 2.35. The van der Waals surface area contributed by atoms with Gasteiger partial charge < -0.3 is 14.6 Å². The van der Waals surface area contributed by atoms with Gasteiger partial charge in [0.2, 0.25) is 0 Å². The summed E-state index contributed by atoms with van der Waals surface area (Å²) in [5.41, 5.74) is 2.14. The van der Waals surface area contributed by atoms with Crippen molar-refractivity contribution in [2.24, 2.45) is 5.10 Å². The molecule has 7 nitrogen and oxygen atoms in total. The van der Waals surface area contributed by atoms with E-state index in [1.165, 1.54) is 19.0 Å². The summed E-state index contributed by atoms with van der Waals surface area (Å²) in [7, 11) is 1.47. The number of amides is 1. The molecule has 0 aliphatic carbocycles. The zero-order valence-electron chi connectivity index (χ0n) is 15.7. The fourth-order valence-corrected chi connectivity index (χ4v) is 2.74. The summed E-state index contributed by atoms with van der Waals surface area (Å²) < 4.78 is 10.9. The molecule has 2 aromatic carbocycles. The van der Waals surface area contributed by atoms with E-state index in [0.29, 0.717) is 28.3 Å². The van der Waals surface area contributed by atoms with Crippen molar-refractivity contribution in [3.8, 4) is 11.5 Å². The van der Waals surface area contributed by atoms with Crippen LogP contribution in [0, 0.1) is 0 Å². The number of methoxy groups -OCH3 is 1. The number of hydrazone groups is 1. The lowest BCUT2D eigenvalue weighted by atomic mass is 10.1. The quantitative estimate of drug-likeness (QED) is 0.777. The molecule has 0 fully saturated rings. The van der Waals surface area contributed by atoms with Crippen LogP contribution in [0.4, 0.5) is 5.69 Å². The van der Waals surface area contributed by atoms with Gasteiger partial charge in [0.1, 0.15) is 0 Å². The molecule has 1 aliphatic rings. The van der Waals surface area contributed by atoms with E-state index in [2.05, 4.69) is 5.10 Å². The lowest BCUT2D eigenvalue weighted by Crippen LogP contribution is -2.23. The van der Waals surface area contributed by atoms with E-state index in [1.54, 1.807) is 43.3 Å². The van der Waals surface area contributed by atoms with Crippen molar-refractivity contribution in [2.75, 3.05) is 12.1 Å². The average Bonchev–Trinajstić information content (AvgIpc) is 2.97. The van der Waals surface area contributed by atoms with Gasteiger partial charge >= 0.3 is 5.97 Å². The molecule has 0 bridgehead atoms. The molecular weight excluding hydrogens is 360 g/mol.